The van der Waals surface area contributed by atoms with E-state index in [0.29, 0.717) is 0 Å². The van der Waals surface area contributed by atoms with E-state index in [1.807, 2.05) is 0 Å². The number of carbonyl (C=O) groups is 1. The fourth-order valence-corrected chi connectivity index (χ4v) is 2.48. The number of ketones is 1. The molecule has 0 fully saturated rings. The zero-order chi connectivity index (χ0) is 20.0. The Morgan fingerprint density at radius 1 is 1.11 bits per heavy atom. The smallest absolute Gasteiger partial charge is 0.357 e. The number of hydrogen-bond donors (Lipinski definition) is 1. The van der Waals surface area contributed by atoms with E-state index in [1.54, 1.807) is 6.07 Å². The maximum atomic E-state index is 13.7. The summed E-state index contributed by atoms with van der Waals surface area (Å²) < 4.78 is 66.4. The van der Waals surface area contributed by atoms with E-state index < -0.39 is 35.3 Å². The fourth-order valence-electron chi connectivity index (χ4n) is 2.26. The Balaban J connectivity index is 2.24. The molecule has 0 bridgehead atoms. The van der Waals surface area contributed by atoms with Crippen LogP contribution in [0, 0.1) is 0 Å². The molecular weight excluding hydrogens is 397 g/mol. The Bertz CT molecular complexity index is 1030. The van der Waals surface area contributed by atoms with Crippen molar-refractivity contribution in [3.63, 3.8) is 0 Å². The molecule has 0 aliphatic heterocycles. The van der Waals surface area contributed by atoms with Crippen molar-refractivity contribution in [2.24, 2.45) is 0 Å². The number of benzene rings is 1. The molecule has 0 atom stereocenters. The topological polar surface area (TPSA) is 72.2 Å². The SMILES string of the molecule is CNc1nc(C(F)(F)C(F)(F)F)nc2c(C(=O)c3ccccc3Cl)cnn12. The Labute approximate surface area is 153 Å². The van der Waals surface area contributed by atoms with Gasteiger partial charge in [0.15, 0.2) is 11.4 Å². The van der Waals surface area contributed by atoms with Crippen molar-refractivity contribution in [3.05, 3.63) is 52.4 Å². The lowest BCUT2D eigenvalue weighted by Gasteiger charge is -2.18. The minimum Gasteiger partial charge on any atom is -0.357 e. The Kier molecular flexibility index (Phi) is 4.50. The molecule has 2 heterocycles. The van der Waals surface area contributed by atoms with Gasteiger partial charge in [0.1, 0.15) is 0 Å². The van der Waals surface area contributed by atoms with Crippen LogP contribution in [0.2, 0.25) is 5.02 Å². The molecule has 1 aromatic carbocycles. The highest BCUT2D eigenvalue weighted by molar-refractivity contribution is 6.35. The van der Waals surface area contributed by atoms with Gasteiger partial charge in [-0.15, -0.1) is 0 Å². The van der Waals surface area contributed by atoms with E-state index in [-0.39, 0.29) is 16.1 Å². The lowest BCUT2D eigenvalue weighted by Crippen LogP contribution is -2.36. The summed E-state index contributed by atoms with van der Waals surface area (Å²) in [6, 6.07) is 5.89. The number of aromatic nitrogens is 4. The molecule has 12 heteroatoms. The van der Waals surface area contributed by atoms with Crippen LogP contribution in [0.25, 0.3) is 5.65 Å². The highest BCUT2D eigenvalue weighted by Gasteiger charge is 2.61. The first kappa shape index (κ1) is 19.0. The summed E-state index contributed by atoms with van der Waals surface area (Å²) in [4.78, 5) is 19.1. The second kappa shape index (κ2) is 6.41. The monoisotopic (exact) mass is 405 g/mol. The number of hydrogen-bond acceptors (Lipinski definition) is 5. The number of halogens is 6. The zero-order valence-electron chi connectivity index (χ0n) is 13.4. The van der Waals surface area contributed by atoms with Crippen molar-refractivity contribution < 1.29 is 26.7 Å². The number of fused-ring (bicyclic) bond motifs is 1. The van der Waals surface area contributed by atoms with E-state index in [4.69, 9.17) is 11.6 Å². The van der Waals surface area contributed by atoms with Gasteiger partial charge in [-0.25, -0.2) is 4.98 Å². The standard InChI is InChI=1S/C15H9ClF5N5O/c1-22-13-25-12(14(17,18)15(19,20)21)24-11-8(6-23-26(11)13)10(27)7-4-2-3-5-9(7)16/h2-6H,1H3,(H,22,24,25). The maximum absolute atomic E-state index is 13.7. The number of nitrogens with one attached hydrogen (secondary N) is 1. The lowest BCUT2D eigenvalue weighted by molar-refractivity contribution is -0.292. The third kappa shape index (κ3) is 3.07. The Hall–Kier alpha value is -2.82. The highest BCUT2D eigenvalue weighted by Crippen LogP contribution is 2.42. The van der Waals surface area contributed by atoms with Crippen LogP contribution in [0.4, 0.5) is 27.9 Å². The Morgan fingerprint density at radius 3 is 2.37 bits per heavy atom. The van der Waals surface area contributed by atoms with Gasteiger partial charge < -0.3 is 5.32 Å². The van der Waals surface area contributed by atoms with E-state index in [1.165, 1.54) is 25.2 Å². The maximum Gasteiger partial charge on any atom is 0.461 e. The van der Waals surface area contributed by atoms with Gasteiger partial charge in [0.05, 0.1) is 16.8 Å². The molecule has 0 aliphatic carbocycles. The lowest BCUT2D eigenvalue weighted by atomic mass is 10.1. The summed E-state index contributed by atoms with van der Waals surface area (Å²) in [5, 5.41) is 6.21. The summed E-state index contributed by atoms with van der Waals surface area (Å²) in [6.45, 7) is 0. The molecule has 3 rings (SSSR count). The van der Waals surface area contributed by atoms with Crippen LogP contribution in [0.15, 0.2) is 30.5 Å². The first-order valence-electron chi connectivity index (χ1n) is 7.25. The highest BCUT2D eigenvalue weighted by atomic mass is 35.5. The van der Waals surface area contributed by atoms with Crippen LogP contribution >= 0.6 is 11.6 Å². The normalized spacial score (nSPS) is 12.4. The number of alkyl halides is 5. The average Bonchev–Trinajstić information content (AvgIpc) is 3.03. The second-order valence-corrected chi connectivity index (χ2v) is 5.70. The fraction of sp³-hybridized carbons (Fsp3) is 0.200. The zero-order valence-corrected chi connectivity index (χ0v) is 14.1. The first-order valence-corrected chi connectivity index (χ1v) is 7.63. The largest absolute Gasteiger partial charge is 0.461 e. The van der Waals surface area contributed by atoms with Crippen molar-refractivity contribution in [3.8, 4) is 0 Å². The number of rotatable bonds is 4. The summed E-state index contributed by atoms with van der Waals surface area (Å²) in [5.41, 5.74) is -0.803. The van der Waals surface area contributed by atoms with Crippen LogP contribution < -0.4 is 5.32 Å². The minimum atomic E-state index is -5.91. The number of anilines is 1. The van der Waals surface area contributed by atoms with Gasteiger partial charge >= 0.3 is 12.1 Å². The van der Waals surface area contributed by atoms with Crippen molar-refractivity contribution in [1.82, 2.24) is 19.6 Å². The molecule has 0 saturated heterocycles. The number of carbonyl (C=O) groups excluding carboxylic acids is 1. The van der Waals surface area contributed by atoms with Gasteiger partial charge in [-0.2, -0.15) is 36.6 Å². The summed E-state index contributed by atoms with van der Waals surface area (Å²) in [7, 11) is 1.24. The van der Waals surface area contributed by atoms with Crippen LogP contribution in [0.3, 0.4) is 0 Å². The third-order valence-electron chi connectivity index (χ3n) is 3.59. The molecule has 0 radical (unpaired) electrons. The summed E-state index contributed by atoms with van der Waals surface area (Å²) in [5.74, 6) is -8.31. The van der Waals surface area contributed by atoms with Gasteiger partial charge in [-0.3, -0.25) is 4.79 Å². The minimum absolute atomic E-state index is 0.0165. The van der Waals surface area contributed by atoms with E-state index in [2.05, 4.69) is 20.4 Å². The molecule has 0 spiro atoms. The first-order chi connectivity index (χ1) is 12.6. The van der Waals surface area contributed by atoms with Gasteiger partial charge in [0, 0.05) is 12.6 Å². The van der Waals surface area contributed by atoms with E-state index in [9.17, 15) is 26.7 Å². The van der Waals surface area contributed by atoms with Crippen LogP contribution in [0.1, 0.15) is 21.7 Å². The second-order valence-electron chi connectivity index (χ2n) is 5.30. The number of nitrogens with zero attached hydrogens (tertiary/aromatic N) is 4. The molecule has 2 aromatic heterocycles. The molecule has 1 N–H and O–H groups in total. The van der Waals surface area contributed by atoms with Crippen LogP contribution in [-0.2, 0) is 5.92 Å². The van der Waals surface area contributed by atoms with Crippen molar-refractivity contribution in [1.29, 1.82) is 0 Å². The molecule has 0 unspecified atom stereocenters. The predicted octanol–water partition coefficient (Wildman–Crippen LogP) is 3.70. The molecule has 142 valence electrons. The molecule has 27 heavy (non-hydrogen) atoms. The van der Waals surface area contributed by atoms with Crippen molar-refractivity contribution in [2.75, 3.05) is 12.4 Å². The molecule has 0 saturated carbocycles. The van der Waals surface area contributed by atoms with E-state index in [0.717, 1.165) is 10.7 Å². The van der Waals surface area contributed by atoms with Gasteiger partial charge in [-0.05, 0) is 12.1 Å². The Morgan fingerprint density at radius 2 is 1.78 bits per heavy atom. The molecule has 0 aliphatic rings. The third-order valence-corrected chi connectivity index (χ3v) is 3.92. The summed E-state index contributed by atoms with van der Waals surface area (Å²) >= 11 is 5.95. The summed E-state index contributed by atoms with van der Waals surface area (Å²) in [6.07, 6.45) is -4.92. The molecule has 3 aromatic rings. The van der Waals surface area contributed by atoms with Crippen LogP contribution in [0.5, 0.6) is 0 Å². The average molecular weight is 406 g/mol. The van der Waals surface area contributed by atoms with Crippen molar-refractivity contribution in [2.45, 2.75) is 12.1 Å². The van der Waals surface area contributed by atoms with Gasteiger partial charge in [0.2, 0.25) is 11.8 Å². The molecule has 6 nitrogen and oxygen atoms in total. The van der Waals surface area contributed by atoms with Crippen molar-refractivity contribution >= 4 is 29.0 Å². The van der Waals surface area contributed by atoms with Gasteiger partial charge in [-0.1, -0.05) is 23.7 Å². The van der Waals surface area contributed by atoms with E-state index >= 15 is 0 Å². The quantitative estimate of drug-likeness (QED) is 0.529. The van der Waals surface area contributed by atoms with Gasteiger partial charge in [0.25, 0.3) is 0 Å². The molecular formula is C15H9ClF5N5O. The predicted molar refractivity (Wildman–Crippen MR) is 85.2 cm³/mol. The van der Waals surface area contributed by atoms with Crippen LogP contribution in [-0.4, -0.2) is 38.6 Å². The molecule has 0 amide bonds.